The van der Waals surface area contributed by atoms with Crippen LogP contribution in [0.2, 0.25) is 0 Å². The summed E-state index contributed by atoms with van der Waals surface area (Å²) in [5, 5.41) is 21.9. The van der Waals surface area contributed by atoms with Crippen molar-refractivity contribution < 1.29 is 54.1 Å². The number of aliphatic hydroxyl groups excluding tert-OH is 2. The summed E-state index contributed by atoms with van der Waals surface area (Å²) in [6.45, 7) is 0. The lowest BCUT2D eigenvalue weighted by molar-refractivity contribution is 0.198. The molecule has 252 valence electrons. The number of nitrogens with one attached hydrogen (secondary N) is 2. The van der Waals surface area contributed by atoms with Crippen molar-refractivity contribution in [1.82, 2.24) is 9.97 Å². The minimum absolute atomic E-state index is 0.0990. The Morgan fingerprint density at radius 3 is 1.33 bits per heavy atom. The third kappa shape index (κ3) is 5.18. The number of rotatable bonds is 8. The Labute approximate surface area is 269 Å². The fourth-order valence-corrected chi connectivity index (χ4v) is 5.93. The zero-order valence-electron chi connectivity index (χ0n) is 24.4. The summed E-state index contributed by atoms with van der Waals surface area (Å²) >= 11 is 0. The van der Waals surface area contributed by atoms with E-state index in [1.165, 1.54) is 12.1 Å². The average Bonchev–Trinajstić information content (AvgIpc) is 3.81. The molecular weight excluding hydrogens is 670 g/mol. The van der Waals surface area contributed by atoms with Gasteiger partial charge in [0.2, 0.25) is 11.6 Å². The molecule has 0 aliphatic rings. The van der Waals surface area contributed by atoms with Gasteiger partial charge in [-0.1, -0.05) is 60.7 Å². The Hall–Kier alpha value is -5.34. The number of hydrogen-bond donors (Lipinski definition) is 4. The second-order valence-corrected chi connectivity index (χ2v) is 10.9. The number of aliphatic hydroxyl groups is 2. The van der Waals surface area contributed by atoms with E-state index < -0.39 is 92.6 Å². The first kappa shape index (κ1) is 33.6. The molecule has 2 heterocycles. The van der Waals surface area contributed by atoms with E-state index in [1.807, 2.05) is 0 Å². The summed E-state index contributed by atoms with van der Waals surface area (Å²) in [6.07, 6.45) is -3.72. The molecule has 0 radical (unpaired) electrons. The summed E-state index contributed by atoms with van der Waals surface area (Å²) < 4.78 is 142. The van der Waals surface area contributed by atoms with Crippen molar-refractivity contribution in [3.63, 3.8) is 0 Å². The van der Waals surface area contributed by atoms with Crippen LogP contribution in [-0.2, 0) is 5.41 Å². The van der Waals surface area contributed by atoms with Crippen LogP contribution < -0.4 is 0 Å². The SMILES string of the molecule is OC(c1c[nH]c(C(c2ccccc2)(c2ccccc2)c2ccc(C(O)c3c(F)c(F)c(F)c(F)c3F)[nH]2)c1)c1c(F)c(F)c(F)c(F)c1F. The van der Waals surface area contributed by atoms with Crippen LogP contribution in [0.5, 0.6) is 0 Å². The Morgan fingerprint density at radius 2 is 0.878 bits per heavy atom. The number of aromatic amines is 2. The molecule has 0 saturated carbocycles. The molecule has 0 aliphatic heterocycles. The Kier molecular flexibility index (Phi) is 8.63. The maximum atomic E-state index is 14.7. The van der Waals surface area contributed by atoms with Gasteiger partial charge in [0, 0.05) is 28.8 Å². The van der Waals surface area contributed by atoms with Gasteiger partial charge in [-0.15, -0.1) is 0 Å². The summed E-state index contributed by atoms with van der Waals surface area (Å²) in [6, 6.07) is 20.1. The van der Waals surface area contributed by atoms with Crippen molar-refractivity contribution in [2.24, 2.45) is 0 Å². The minimum Gasteiger partial charge on any atom is -0.383 e. The van der Waals surface area contributed by atoms with Crippen LogP contribution in [-0.4, -0.2) is 20.2 Å². The van der Waals surface area contributed by atoms with Gasteiger partial charge in [0.15, 0.2) is 46.5 Å². The largest absolute Gasteiger partial charge is 0.383 e. The first-order valence-corrected chi connectivity index (χ1v) is 14.2. The highest BCUT2D eigenvalue weighted by Crippen LogP contribution is 2.46. The van der Waals surface area contributed by atoms with Gasteiger partial charge in [-0.05, 0) is 29.3 Å². The monoisotopic (exact) mass is 690 g/mol. The molecule has 0 aliphatic carbocycles. The Morgan fingerprint density at radius 1 is 0.469 bits per heavy atom. The molecule has 0 bridgehead atoms. The van der Waals surface area contributed by atoms with E-state index >= 15 is 0 Å². The summed E-state index contributed by atoms with van der Waals surface area (Å²) in [5.41, 5.74) is -4.33. The highest BCUT2D eigenvalue weighted by atomic mass is 19.2. The highest BCUT2D eigenvalue weighted by molar-refractivity contribution is 5.58. The van der Waals surface area contributed by atoms with Gasteiger partial charge in [-0.3, -0.25) is 0 Å². The lowest BCUT2D eigenvalue weighted by atomic mass is 9.69. The topological polar surface area (TPSA) is 72.0 Å². The van der Waals surface area contributed by atoms with Crippen molar-refractivity contribution in [2.75, 3.05) is 0 Å². The molecule has 0 fully saturated rings. The normalized spacial score (nSPS) is 13.1. The van der Waals surface area contributed by atoms with E-state index in [0.717, 1.165) is 12.3 Å². The quantitative estimate of drug-likeness (QED) is 0.0738. The van der Waals surface area contributed by atoms with Gasteiger partial charge in [0.1, 0.15) is 17.6 Å². The molecule has 0 saturated heterocycles. The van der Waals surface area contributed by atoms with Gasteiger partial charge in [-0.2, -0.15) is 0 Å². The molecule has 0 spiro atoms. The molecule has 6 aromatic rings. The molecule has 2 atom stereocenters. The van der Waals surface area contributed by atoms with Crippen LogP contribution >= 0.6 is 0 Å². The van der Waals surface area contributed by atoms with Crippen molar-refractivity contribution >= 4 is 0 Å². The van der Waals surface area contributed by atoms with Gasteiger partial charge < -0.3 is 20.2 Å². The van der Waals surface area contributed by atoms with Crippen LogP contribution in [0.1, 0.15) is 57.1 Å². The Bertz CT molecular complexity index is 1970. The maximum Gasteiger partial charge on any atom is 0.200 e. The van der Waals surface area contributed by atoms with E-state index in [1.54, 1.807) is 60.7 Å². The van der Waals surface area contributed by atoms with Crippen LogP contribution in [0.15, 0.2) is 85.1 Å². The van der Waals surface area contributed by atoms with E-state index in [2.05, 4.69) is 9.97 Å². The maximum absolute atomic E-state index is 14.7. The van der Waals surface area contributed by atoms with E-state index in [9.17, 15) is 54.1 Å². The van der Waals surface area contributed by atoms with Gasteiger partial charge in [-0.25, -0.2) is 43.9 Å². The molecule has 2 unspecified atom stereocenters. The smallest absolute Gasteiger partial charge is 0.200 e. The lowest BCUT2D eigenvalue weighted by Gasteiger charge is -2.34. The lowest BCUT2D eigenvalue weighted by Crippen LogP contribution is -2.32. The van der Waals surface area contributed by atoms with Gasteiger partial charge in [0.25, 0.3) is 0 Å². The third-order valence-electron chi connectivity index (χ3n) is 8.28. The first-order valence-electron chi connectivity index (χ1n) is 14.2. The number of hydrogen-bond acceptors (Lipinski definition) is 2. The van der Waals surface area contributed by atoms with Crippen molar-refractivity contribution in [3.8, 4) is 0 Å². The number of H-pyrrole nitrogens is 2. The second-order valence-electron chi connectivity index (χ2n) is 10.9. The highest BCUT2D eigenvalue weighted by Gasteiger charge is 2.42. The molecule has 4 N–H and O–H groups in total. The predicted molar refractivity (Wildman–Crippen MR) is 154 cm³/mol. The number of aromatic nitrogens is 2. The minimum atomic E-state index is -2.42. The van der Waals surface area contributed by atoms with Crippen LogP contribution in [0, 0.1) is 58.2 Å². The van der Waals surface area contributed by atoms with Crippen LogP contribution in [0.3, 0.4) is 0 Å². The number of benzene rings is 4. The predicted octanol–water partition coefficient (Wildman–Crippen LogP) is 8.28. The van der Waals surface area contributed by atoms with E-state index in [-0.39, 0.29) is 17.0 Å². The summed E-state index contributed by atoms with van der Waals surface area (Å²) in [7, 11) is 0. The Balaban J connectivity index is 1.57. The molecule has 14 heteroatoms. The standard InChI is InChI=1S/C35H20F10N2O2/c36-23-21(24(37)28(41)31(44)27(23)40)33(48)15-13-20(46-14-15)35(16-7-3-1-4-8-16,17-9-5-2-6-10-17)19-12-11-18(47-19)34(49)22-25(38)29(42)32(45)30(43)26(22)39/h1-14,33-34,46-49H. The van der Waals surface area contributed by atoms with Gasteiger partial charge in [0.05, 0.1) is 11.1 Å². The van der Waals surface area contributed by atoms with E-state index in [0.29, 0.717) is 11.1 Å². The molecule has 2 aromatic heterocycles. The van der Waals surface area contributed by atoms with Gasteiger partial charge >= 0.3 is 0 Å². The van der Waals surface area contributed by atoms with Crippen molar-refractivity contribution in [2.45, 2.75) is 17.6 Å². The average molecular weight is 691 g/mol. The molecule has 49 heavy (non-hydrogen) atoms. The molecule has 4 aromatic carbocycles. The van der Waals surface area contributed by atoms with Crippen molar-refractivity contribution in [3.05, 3.63) is 188 Å². The molecule has 0 amide bonds. The van der Waals surface area contributed by atoms with Crippen LogP contribution in [0.25, 0.3) is 0 Å². The van der Waals surface area contributed by atoms with Crippen LogP contribution in [0.4, 0.5) is 43.9 Å². The molecular formula is C35H20F10N2O2. The first-order chi connectivity index (χ1) is 23.3. The summed E-state index contributed by atoms with van der Waals surface area (Å²) in [4.78, 5) is 5.67. The van der Waals surface area contributed by atoms with Crippen molar-refractivity contribution in [1.29, 1.82) is 0 Å². The number of halogens is 10. The summed E-state index contributed by atoms with van der Waals surface area (Å²) in [5.74, 6) is -22.9. The third-order valence-corrected chi connectivity index (χ3v) is 8.28. The fraction of sp³-hybridized carbons (Fsp3) is 0.0857. The molecule has 6 rings (SSSR count). The second kappa shape index (κ2) is 12.6. The zero-order chi connectivity index (χ0) is 35.4. The van der Waals surface area contributed by atoms with E-state index in [4.69, 9.17) is 0 Å². The fourth-order valence-electron chi connectivity index (χ4n) is 5.93. The molecule has 4 nitrogen and oxygen atoms in total. The zero-order valence-corrected chi connectivity index (χ0v) is 24.4.